The van der Waals surface area contributed by atoms with Crippen LogP contribution >= 0.6 is 0 Å². The molecule has 2 aromatic rings. The van der Waals surface area contributed by atoms with E-state index in [-0.39, 0.29) is 6.79 Å². The molecule has 3 N–H and O–H groups in total. The molecular formula is C13H14N4O3. The van der Waals surface area contributed by atoms with Gasteiger partial charge >= 0.3 is 0 Å². The van der Waals surface area contributed by atoms with Gasteiger partial charge in [0.15, 0.2) is 17.3 Å². The third-order valence-electron chi connectivity index (χ3n) is 2.76. The molecule has 20 heavy (non-hydrogen) atoms. The molecule has 0 radical (unpaired) electrons. The number of hydrogen-bond acceptors (Lipinski definition) is 7. The average molecular weight is 274 g/mol. The fourth-order valence-electron chi connectivity index (χ4n) is 1.84. The number of nitrogen functional groups attached to an aromatic ring is 1. The van der Waals surface area contributed by atoms with E-state index in [0.717, 1.165) is 11.4 Å². The van der Waals surface area contributed by atoms with Crippen LogP contribution in [0.1, 0.15) is 6.92 Å². The Hall–Kier alpha value is -2.70. The maximum absolute atomic E-state index is 5.96. The Morgan fingerprint density at radius 3 is 3.00 bits per heavy atom. The van der Waals surface area contributed by atoms with Crippen LogP contribution in [0.4, 0.5) is 17.2 Å². The summed E-state index contributed by atoms with van der Waals surface area (Å²) >= 11 is 0. The highest BCUT2D eigenvalue weighted by Crippen LogP contribution is 2.36. The number of anilines is 3. The summed E-state index contributed by atoms with van der Waals surface area (Å²) in [6.45, 7) is 2.60. The Balaban J connectivity index is 1.86. The zero-order valence-electron chi connectivity index (χ0n) is 10.9. The van der Waals surface area contributed by atoms with E-state index in [9.17, 15) is 0 Å². The summed E-state index contributed by atoms with van der Waals surface area (Å²) in [6, 6.07) is 5.51. The van der Waals surface area contributed by atoms with Gasteiger partial charge < -0.3 is 25.3 Å². The first-order chi connectivity index (χ1) is 9.78. The smallest absolute Gasteiger partial charge is 0.242 e. The molecule has 0 saturated carbocycles. The normalized spacial score (nSPS) is 12.2. The second kappa shape index (κ2) is 5.12. The fraction of sp³-hybridized carbons (Fsp3) is 0.231. The number of nitrogens with one attached hydrogen (secondary N) is 1. The molecule has 1 aromatic carbocycles. The van der Waals surface area contributed by atoms with E-state index in [0.29, 0.717) is 29.7 Å². The van der Waals surface area contributed by atoms with E-state index in [1.165, 1.54) is 6.33 Å². The molecule has 0 atom stereocenters. The van der Waals surface area contributed by atoms with E-state index in [1.807, 2.05) is 25.1 Å². The molecular weight excluding hydrogens is 260 g/mol. The number of ether oxygens (including phenoxy) is 3. The molecule has 0 saturated heterocycles. The van der Waals surface area contributed by atoms with Crippen LogP contribution in [0.2, 0.25) is 0 Å². The third kappa shape index (κ3) is 2.25. The van der Waals surface area contributed by atoms with Gasteiger partial charge in [0.1, 0.15) is 12.0 Å². The van der Waals surface area contributed by atoms with Gasteiger partial charge in [0.25, 0.3) is 0 Å². The molecule has 0 fully saturated rings. The van der Waals surface area contributed by atoms with Crippen LogP contribution in [0, 0.1) is 0 Å². The van der Waals surface area contributed by atoms with Crippen LogP contribution in [0.25, 0.3) is 0 Å². The number of nitrogens with two attached hydrogens (primary N) is 1. The molecule has 3 rings (SSSR count). The second-order valence-corrected chi connectivity index (χ2v) is 4.07. The van der Waals surface area contributed by atoms with Gasteiger partial charge in [-0.05, 0) is 19.1 Å². The molecule has 2 heterocycles. The van der Waals surface area contributed by atoms with Crippen LogP contribution < -0.4 is 25.3 Å². The topological polar surface area (TPSA) is 91.5 Å². The second-order valence-electron chi connectivity index (χ2n) is 4.07. The molecule has 7 heteroatoms. The Labute approximate surface area is 115 Å². The van der Waals surface area contributed by atoms with Crippen LogP contribution in [-0.2, 0) is 0 Å². The van der Waals surface area contributed by atoms with Crippen molar-refractivity contribution < 1.29 is 14.2 Å². The zero-order chi connectivity index (χ0) is 13.9. The lowest BCUT2D eigenvalue weighted by molar-refractivity contribution is 0.174. The number of hydrogen-bond donors (Lipinski definition) is 2. The van der Waals surface area contributed by atoms with Crippen molar-refractivity contribution in [1.82, 2.24) is 9.97 Å². The van der Waals surface area contributed by atoms with Gasteiger partial charge in [-0.25, -0.2) is 4.98 Å². The molecule has 1 aromatic heterocycles. The van der Waals surface area contributed by atoms with Gasteiger partial charge in [-0.2, -0.15) is 4.98 Å². The van der Waals surface area contributed by atoms with Crippen molar-refractivity contribution in [2.45, 2.75) is 6.92 Å². The Kier molecular flexibility index (Phi) is 3.16. The maximum atomic E-state index is 5.96. The van der Waals surface area contributed by atoms with Crippen LogP contribution in [-0.4, -0.2) is 23.4 Å². The minimum Gasteiger partial charge on any atom is -0.476 e. The lowest BCUT2D eigenvalue weighted by Crippen LogP contribution is -2.04. The van der Waals surface area contributed by atoms with Gasteiger partial charge in [0.2, 0.25) is 12.7 Å². The fourth-order valence-corrected chi connectivity index (χ4v) is 1.84. The number of benzene rings is 1. The summed E-state index contributed by atoms with van der Waals surface area (Å²) in [5.41, 5.74) is 7.12. The summed E-state index contributed by atoms with van der Waals surface area (Å²) in [5, 5.41) is 3.11. The summed E-state index contributed by atoms with van der Waals surface area (Å²) < 4.78 is 15.9. The predicted octanol–water partition coefficient (Wildman–Crippen LogP) is 1.93. The van der Waals surface area contributed by atoms with E-state index < -0.39 is 0 Å². The molecule has 0 amide bonds. The molecule has 0 bridgehead atoms. The molecule has 1 aliphatic heterocycles. The molecule has 0 aliphatic carbocycles. The van der Waals surface area contributed by atoms with E-state index in [4.69, 9.17) is 19.9 Å². The standard InChI is InChI=1S/C13H14N4O3/c1-2-18-13-11(14)12(15-6-16-13)17-8-3-4-9-10(5-8)20-7-19-9/h3-6H,2,7,14H2,1H3,(H,15,16,17). The van der Waals surface area contributed by atoms with Crippen molar-refractivity contribution in [3.63, 3.8) is 0 Å². The zero-order valence-corrected chi connectivity index (χ0v) is 10.9. The van der Waals surface area contributed by atoms with Crippen molar-refractivity contribution in [2.24, 2.45) is 0 Å². The predicted molar refractivity (Wildman–Crippen MR) is 73.5 cm³/mol. The molecule has 7 nitrogen and oxygen atoms in total. The summed E-state index contributed by atoms with van der Waals surface area (Å²) in [4.78, 5) is 8.10. The first-order valence-electron chi connectivity index (χ1n) is 6.18. The molecule has 1 aliphatic rings. The monoisotopic (exact) mass is 274 g/mol. The largest absolute Gasteiger partial charge is 0.476 e. The Morgan fingerprint density at radius 1 is 1.30 bits per heavy atom. The highest BCUT2D eigenvalue weighted by Gasteiger charge is 2.14. The van der Waals surface area contributed by atoms with Crippen molar-refractivity contribution in [2.75, 3.05) is 24.5 Å². The molecule has 104 valence electrons. The van der Waals surface area contributed by atoms with Crippen LogP contribution in [0.15, 0.2) is 24.5 Å². The summed E-state index contributed by atoms with van der Waals surface area (Å²) in [6.07, 6.45) is 1.40. The van der Waals surface area contributed by atoms with Gasteiger partial charge in [-0.15, -0.1) is 0 Å². The number of nitrogens with zero attached hydrogens (tertiary/aromatic N) is 2. The van der Waals surface area contributed by atoms with Gasteiger partial charge in [-0.3, -0.25) is 0 Å². The van der Waals surface area contributed by atoms with E-state index in [1.54, 1.807) is 0 Å². The van der Waals surface area contributed by atoms with Gasteiger partial charge in [0.05, 0.1) is 6.61 Å². The summed E-state index contributed by atoms with van der Waals surface area (Å²) in [5.74, 6) is 2.27. The average Bonchev–Trinajstić information content (AvgIpc) is 2.91. The van der Waals surface area contributed by atoms with Gasteiger partial charge in [-0.1, -0.05) is 0 Å². The summed E-state index contributed by atoms with van der Waals surface area (Å²) in [7, 11) is 0. The first-order valence-corrected chi connectivity index (χ1v) is 6.18. The van der Waals surface area contributed by atoms with Crippen molar-refractivity contribution in [1.29, 1.82) is 0 Å². The van der Waals surface area contributed by atoms with Crippen molar-refractivity contribution in [3.8, 4) is 17.4 Å². The number of aromatic nitrogens is 2. The first kappa shape index (κ1) is 12.3. The third-order valence-corrected chi connectivity index (χ3v) is 2.76. The minimum absolute atomic E-state index is 0.239. The van der Waals surface area contributed by atoms with Crippen LogP contribution in [0.3, 0.4) is 0 Å². The van der Waals surface area contributed by atoms with E-state index in [2.05, 4.69) is 15.3 Å². The highest BCUT2D eigenvalue weighted by molar-refractivity contribution is 5.73. The molecule has 0 spiro atoms. The highest BCUT2D eigenvalue weighted by atomic mass is 16.7. The Bertz CT molecular complexity index is 633. The van der Waals surface area contributed by atoms with Gasteiger partial charge in [0, 0.05) is 11.8 Å². The van der Waals surface area contributed by atoms with Crippen molar-refractivity contribution in [3.05, 3.63) is 24.5 Å². The SMILES string of the molecule is CCOc1ncnc(Nc2ccc3c(c2)OCO3)c1N. The maximum Gasteiger partial charge on any atom is 0.242 e. The Morgan fingerprint density at radius 2 is 2.15 bits per heavy atom. The minimum atomic E-state index is 0.239. The lowest BCUT2D eigenvalue weighted by Gasteiger charge is -2.11. The van der Waals surface area contributed by atoms with Crippen molar-refractivity contribution >= 4 is 17.2 Å². The van der Waals surface area contributed by atoms with Crippen LogP contribution in [0.5, 0.6) is 17.4 Å². The molecule has 0 unspecified atom stereocenters. The number of fused-ring (bicyclic) bond motifs is 1. The number of rotatable bonds is 4. The quantitative estimate of drug-likeness (QED) is 0.880. The lowest BCUT2D eigenvalue weighted by atomic mass is 10.2. The van der Waals surface area contributed by atoms with E-state index >= 15 is 0 Å².